The number of Topliss-reactive ketones (excluding diaryl/α,β-unsaturated/α-hetero) is 1. The lowest BCUT2D eigenvalue weighted by molar-refractivity contribution is 0.101. The van der Waals surface area contributed by atoms with E-state index < -0.39 is 0 Å². The first kappa shape index (κ1) is 13.5. The van der Waals surface area contributed by atoms with E-state index in [1.165, 1.54) is 12.5 Å². The summed E-state index contributed by atoms with van der Waals surface area (Å²) < 4.78 is 0. The molecule has 98 valence electrons. The zero-order valence-corrected chi connectivity index (χ0v) is 11.9. The van der Waals surface area contributed by atoms with Gasteiger partial charge in [0.05, 0.1) is 0 Å². The number of pyridine rings is 1. The van der Waals surface area contributed by atoms with Crippen molar-refractivity contribution >= 4 is 5.78 Å². The van der Waals surface area contributed by atoms with Crippen LogP contribution >= 0.6 is 0 Å². The number of benzene rings is 1. The molecular formula is C17H19NO. The minimum Gasteiger partial charge on any atom is -0.293 e. The Morgan fingerprint density at radius 1 is 0.947 bits per heavy atom. The van der Waals surface area contributed by atoms with Crippen LogP contribution in [0.25, 0.3) is 11.1 Å². The fraction of sp³-hybridized carbons (Fsp3) is 0.294. The van der Waals surface area contributed by atoms with Crippen molar-refractivity contribution in [3.63, 3.8) is 0 Å². The van der Waals surface area contributed by atoms with Crippen molar-refractivity contribution in [2.75, 3.05) is 0 Å². The van der Waals surface area contributed by atoms with E-state index in [0.29, 0.717) is 5.69 Å². The highest BCUT2D eigenvalue weighted by Crippen LogP contribution is 2.25. The van der Waals surface area contributed by atoms with Crippen molar-refractivity contribution in [1.82, 2.24) is 4.98 Å². The van der Waals surface area contributed by atoms with Gasteiger partial charge in [-0.1, -0.05) is 51.1 Å². The summed E-state index contributed by atoms with van der Waals surface area (Å²) in [7, 11) is 0. The molecule has 0 radical (unpaired) electrons. The molecular weight excluding hydrogens is 234 g/mol. The first-order valence-corrected chi connectivity index (χ1v) is 6.46. The predicted octanol–water partition coefficient (Wildman–Crippen LogP) is 4.25. The van der Waals surface area contributed by atoms with E-state index in [-0.39, 0.29) is 11.2 Å². The highest BCUT2D eigenvalue weighted by atomic mass is 16.1. The van der Waals surface area contributed by atoms with Crippen molar-refractivity contribution in [1.29, 1.82) is 0 Å². The van der Waals surface area contributed by atoms with Gasteiger partial charge in [-0.2, -0.15) is 0 Å². The molecule has 2 rings (SSSR count). The molecule has 0 aliphatic heterocycles. The van der Waals surface area contributed by atoms with E-state index in [2.05, 4.69) is 50.0 Å². The number of carbonyl (C=O) groups is 1. The molecule has 0 atom stereocenters. The fourth-order valence-electron chi connectivity index (χ4n) is 1.94. The second-order valence-electron chi connectivity index (χ2n) is 5.82. The van der Waals surface area contributed by atoms with Crippen molar-refractivity contribution in [3.05, 3.63) is 53.9 Å². The molecule has 0 aliphatic carbocycles. The summed E-state index contributed by atoms with van der Waals surface area (Å²) >= 11 is 0. The van der Waals surface area contributed by atoms with Crippen LogP contribution in [-0.4, -0.2) is 10.8 Å². The topological polar surface area (TPSA) is 30.0 Å². The second-order valence-corrected chi connectivity index (χ2v) is 5.82. The van der Waals surface area contributed by atoms with Gasteiger partial charge >= 0.3 is 0 Å². The predicted molar refractivity (Wildman–Crippen MR) is 78.4 cm³/mol. The Morgan fingerprint density at radius 2 is 1.53 bits per heavy atom. The van der Waals surface area contributed by atoms with E-state index >= 15 is 0 Å². The maximum absolute atomic E-state index is 11.2. The normalized spacial score (nSPS) is 11.4. The Labute approximate surface area is 114 Å². The first-order valence-electron chi connectivity index (χ1n) is 6.46. The Morgan fingerprint density at radius 3 is 1.95 bits per heavy atom. The van der Waals surface area contributed by atoms with Gasteiger partial charge in [0.15, 0.2) is 5.78 Å². The van der Waals surface area contributed by atoms with Gasteiger partial charge in [0.1, 0.15) is 5.69 Å². The zero-order chi connectivity index (χ0) is 14.0. The minimum absolute atomic E-state index is 0.00497. The van der Waals surface area contributed by atoms with Crippen LogP contribution in [0.1, 0.15) is 43.7 Å². The maximum atomic E-state index is 11.2. The summed E-state index contributed by atoms with van der Waals surface area (Å²) in [5.41, 5.74) is 4.13. The SMILES string of the molecule is CC(=O)c1ccc(-c2ccc(C(C)(C)C)cc2)cn1. The van der Waals surface area contributed by atoms with Gasteiger partial charge in [-0.25, -0.2) is 0 Å². The molecule has 19 heavy (non-hydrogen) atoms. The number of nitrogens with zero attached hydrogens (tertiary/aromatic N) is 1. The van der Waals surface area contributed by atoms with Crippen LogP contribution in [0.2, 0.25) is 0 Å². The first-order chi connectivity index (χ1) is 8.88. The molecule has 1 heterocycles. The van der Waals surface area contributed by atoms with Gasteiger partial charge in [-0.3, -0.25) is 9.78 Å². The third-order valence-electron chi connectivity index (χ3n) is 3.21. The standard InChI is InChI=1S/C17H19NO/c1-12(19)16-10-7-14(11-18-16)13-5-8-15(9-6-13)17(2,3)4/h5-11H,1-4H3. The molecule has 2 aromatic rings. The molecule has 0 amide bonds. The largest absolute Gasteiger partial charge is 0.293 e. The number of aromatic nitrogens is 1. The zero-order valence-electron chi connectivity index (χ0n) is 11.9. The smallest absolute Gasteiger partial charge is 0.178 e. The number of hydrogen-bond acceptors (Lipinski definition) is 2. The third kappa shape index (κ3) is 3.08. The summed E-state index contributed by atoms with van der Waals surface area (Å²) in [5, 5.41) is 0. The third-order valence-corrected chi connectivity index (χ3v) is 3.21. The van der Waals surface area contributed by atoms with Crippen LogP contribution in [0.5, 0.6) is 0 Å². The lowest BCUT2D eigenvalue weighted by Crippen LogP contribution is -2.10. The quantitative estimate of drug-likeness (QED) is 0.749. The van der Waals surface area contributed by atoms with E-state index in [9.17, 15) is 4.79 Å². The average Bonchev–Trinajstić information content (AvgIpc) is 2.38. The summed E-state index contributed by atoms with van der Waals surface area (Å²) in [6.45, 7) is 8.13. The van der Waals surface area contributed by atoms with Crippen LogP contribution in [0, 0.1) is 0 Å². The summed E-state index contributed by atoms with van der Waals surface area (Å²) in [4.78, 5) is 15.4. The second kappa shape index (κ2) is 4.96. The Hall–Kier alpha value is -1.96. The van der Waals surface area contributed by atoms with Crippen LogP contribution < -0.4 is 0 Å². The number of carbonyl (C=O) groups excluding carboxylic acids is 1. The van der Waals surface area contributed by atoms with Crippen molar-refractivity contribution in [2.45, 2.75) is 33.1 Å². The van der Waals surface area contributed by atoms with E-state index in [4.69, 9.17) is 0 Å². The fourth-order valence-corrected chi connectivity index (χ4v) is 1.94. The van der Waals surface area contributed by atoms with Crippen molar-refractivity contribution < 1.29 is 4.79 Å². The molecule has 0 fully saturated rings. The molecule has 0 spiro atoms. The van der Waals surface area contributed by atoms with Gasteiger partial charge in [0, 0.05) is 18.7 Å². The summed E-state index contributed by atoms with van der Waals surface area (Å²) in [5.74, 6) is -0.00497. The van der Waals surface area contributed by atoms with Crippen LogP contribution in [0.15, 0.2) is 42.6 Å². The molecule has 0 unspecified atom stereocenters. The number of ketones is 1. The van der Waals surface area contributed by atoms with E-state index in [1.807, 2.05) is 6.07 Å². The molecule has 2 nitrogen and oxygen atoms in total. The summed E-state index contributed by atoms with van der Waals surface area (Å²) in [6.07, 6.45) is 1.75. The molecule has 2 heteroatoms. The van der Waals surface area contributed by atoms with Crippen LogP contribution in [0.4, 0.5) is 0 Å². The van der Waals surface area contributed by atoms with E-state index in [0.717, 1.165) is 11.1 Å². The Kier molecular flexibility index (Phi) is 3.52. The Bertz CT molecular complexity index is 574. The highest BCUT2D eigenvalue weighted by Gasteiger charge is 2.13. The van der Waals surface area contributed by atoms with Crippen molar-refractivity contribution in [2.24, 2.45) is 0 Å². The van der Waals surface area contributed by atoms with Gasteiger partial charge in [-0.15, -0.1) is 0 Å². The molecule has 0 N–H and O–H groups in total. The molecule has 1 aromatic heterocycles. The minimum atomic E-state index is -0.00497. The number of rotatable bonds is 2. The lowest BCUT2D eigenvalue weighted by Gasteiger charge is -2.19. The molecule has 1 aromatic carbocycles. The van der Waals surface area contributed by atoms with Crippen LogP contribution in [-0.2, 0) is 5.41 Å². The maximum Gasteiger partial charge on any atom is 0.178 e. The van der Waals surface area contributed by atoms with Crippen LogP contribution in [0.3, 0.4) is 0 Å². The summed E-state index contributed by atoms with van der Waals surface area (Å²) in [6, 6.07) is 12.2. The van der Waals surface area contributed by atoms with Gasteiger partial charge < -0.3 is 0 Å². The molecule has 0 saturated heterocycles. The lowest BCUT2D eigenvalue weighted by atomic mass is 9.86. The van der Waals surface area contributed by atoms with E-state index in [1.54, 1.807) is 12.3 Å². The Balaban J connectivity index is 2.30. The van der Waals surface area contributed by atoms with Crippen molar-refractivity contribution in [3.8, 4) is 11.1 Å². The monoisotopic (exact) mass is 253 g/mol. The number of hydrogen-bond donors (Lipinski definition) is 0. The molecule has 0 bridgehead atoms. The molecule has 0 aliphatic rings. The highest BCUT2D eigenvalue weighted by molar-refractivity contribution is 5.92. The van der Waals surface area contributed by atoms with Gasteiger partial charge in [0.25, 0.3) is 0 Å². The van der Waals surface area contributed by atoms with Gasteiger partial charge in [-0.05, 0) is 22.6 Å². The van der Waals surface area contributed by atoms with Gasteiger partial charge in [0.2, 0.25) is 0 Å². The average molecular weight is 253 g/mol. The molecule has 0 saturated carbocycles.